The van der Waals surface area contributed by atoms with Crippen LogP contribution in [0.5, 0.6) is 0 Å². The Kier molecular flexibility index (Phi) is 4.85. The summed E-state index contributed by atoms with van der Waals surface area (Å²) in [4.78, 5) is 14.8. The molecule has 0 amide bonds. The molecule has 1 aliphatic carbocycles. The highest BCUT2D eigenvalue weighted by atomic mass is 16.5. The normalized spacial score (nSPS) is 23.6. The maximum atomic E-state index is 12.3. The van der Waals surface area contributed by atoms with Crippen LogP contribution in [0, 0.1) is 5.92 Å². The van der Waals surface area contributed by atoms with E-state index >= 15 is 0 Å². The summed E-state index contributed by atoms with van der Waals surface area (Å²) in [7, 11) is 0. The van der Waals surface area contributed by atoms with Crippen LogP contribution in [-0.2, 0) is 9.53 Å². The predicted octanol–water partition coefficient (Wildman–Crippen LogP) is 1.79. The first kappa shape index (κ1) is 14.8. The van der Waals surface area contributed by atoms with Gasteiger partial charge in [-0.3, -0.25) is 4.79 Å². The Balaban J connectivity index is 1.96. The highest BCUT2D eigenvalue weighted by Gasteiger charge is 2.43. The second-order valence-electron chi connectivity index (χ2n) is 6.26. The molecular weight excluding hydrogens is 240 g/mol. The number of nitrogens with one attached hydrogen (secondary N) is 1. The van der Waals surface area contributed by atoms with Gasteiger partial charge in [0, 0.05) is 19.1 Å². The minimum Gasteiger partial charge on any atom is -0.465 e. The van der Waals surface area contributed by atoms with Crippen LogP contribution in [0.4, 0.5) is 0 Å². The van der Waals surface area contributed by atoms with Crippen molar-refractivity contribution in [1.29, 1.82) is 0 Å². The smallest absolute Gasteiger partial charge is 0.326 e. The van der Waals surface area contributed by atoms with Crippen molar-refractivity contribution in [2.75, 3.05) is 26.2 Å². The van der Waals surface area contributed by atoms with E-state index < -0.39 is 5.54 Å². The lowest BCUT2D eigenvalue weighted by molar-refractivity contribution is -0.153. The van der Waals surface area contributed by atoms with Crippen molar-refractivity contribution in [2.45, 2.75) is 58.0 Å². The van der Waals surface area contributed by atoms with E-state index in [2.05, 4.69) is 24.1 Å². The fraction of sp³-hybridized carbons (Fsp3) is 0.933. The second-order valence-corrected chi connectivity index (χ2v) is 6.26. The maximum Gasteiger partial charge on any atom is 0.326 e. The van der Waals surface area contributed by atoms with Gasteiger partial charge in [0.15, 0.2) is 0 Å². The van der Waals surface area contributed by atoms with Crippen LogP contribution in [0.3, 0.4) is 0 Å². The minimum absolute atomic E-state index is 0.0425. The SMILES string of the molecule is CCOC(=O)C1(NCC2CC2)CCN(C(C)C)CC1. The monoisotopic (exact) mass is 268 g/mol. The molecule has 1 saturated carbocycles. The Morgan fingerprint density at radius 3 is 2.47 bits per heavy atom. The Bertz CT molecular complexity index is 305. The van der Waals surface area contributed by atoms with Gasteiger partial charge in [-0.2, -0.15) is 0 Å². The standard InChI is InChI=1S/C15H28N2O2/c1-4-19-14(18)15(16-11-13-5-6-13)7-9-17(10-8-15)12(2)3/h12-13,16H,4-11H2,1-3H3. The van der Waals surface area contributed by atoms with Gasteiger partial charge >= 0.3 is 5.97 Å². The lowest BCUT2D eigenvalue weighted by Gasteiger charge is -2.42. The second kappa shape index (κ2) is 6.23. The molecule has 0 radical (unpaired) electrons. The van der Waals surface area contributed by atoms with Crippen LogP contribution in [0.25, 0.3) is 0 Å². The Labute approximate surface area is 116 Å². The first-order valence-corrected chi connectivity index (χ1v) is 7.73. The van der Waals surface area contributed by atoms with Gasteiger partial charge < -0.3 is 15.0 Å². The highest BCUT2D eigenvalue weighted by molar-refractivity contribution is 5.81. The molecule has 2 aliphatic rings. The molecule has 0 unspecified atom stereocenters. The summed E-state index contributed by atoms with van der Waals surface area (Å²) < 4.78 is 5.31. The predicted molar refractivity (Wildman–Crippen MR) is 76.0 cm³/mol. The summed E-state index contributed by atoms with van der Waals surface area (Å²) in [5.74, 6) is 0.744. The average molecular weight is 268 g/mol. The third-order valence-electron chi connectivity index (χ3n) is 4.47. The van der Waals surface area contributed by atoms with Crippen molar-refractivity contribution in [3.05, 3.63) is 0 Å². The molecule has 0 aromatic rings. The molecule has 2 fully saturated rings. The van der Waals surface area contributed by atoms with E-state index in [1.807, 2.05) is 6.92 Å². The molecule has 0 aromatic carbocycles. The van der Waals surface area contributed by atoms with Gasteiger partial charge in [0.2, 0.25) is 0 Å². The molecule has 0 bridgehead atoms. The molecule has 1 N–H and O–H groups in total. The van der Waals surface area contributed by atoms with Crippen molar-refractivity contribution >= 4 is 5.97 Å². The minimum atomic E-state index is -0.427. The van der Waals surface area contributed by atoms with Gasteiger partial charge in [0.05, 0.1) is 6.61 Å². The van der Waals surface area contributed by atoms with Crippen LogP contribution in [-0.4, -0.2) is 48.7 Å². The molecular formula is C15H28N2O2. The van der Waals surface area contributed by atoms with Crippen LogP contribution in [0.2, 0.25) is 0 Å². The molecule has 1 heterocycles. The number of piperidine rings is 1. The van der Waals surface area contributed by atoms with E-state index in [0.717, 1.165) is 38.4 Å². The largest absolute Gasteiger partial charge is 0.465 e. The number of nitrogens with zero attached hydrogens (tertiary/aromatic N) is 1. The fourth-order valence-electron chi connectivity index (χ4n) is 2.81. The van der Waals surface area contributed by atoms with Crippen molar-refractivity contribution in [3.8, 4) is 0 Å². The van der Waals surface area contributed by atoms with Crippen molar-refractivity contribution in [1.82, 2.24) is 10.2 Å². The molecule has 4 nitrogen and oxygen atoms in total. The quantitative estimate of drug-likeness (QED) is 0.746. The molecule has 19 heavy (non-hydrogen) atoms. The van der Waals surface area contributed by atoms with Crippen LogP contribution >= 0.6 is 0 Å². The number of hydrogen-bond acceptors (Lipinski definition) is 4. The Hall–Kier alpha value is -0.610. The zero-order valence-corrected chi connectivity index (χ0v) is 12.6. The molecule has 4 heteroatoms. The van der Waals surface area contributed by atoms with Gasteiger partial charge in [-0.15, -0.1) is 0 Å². The van der Waals surface area contributed by atoms with Gasteiger partial charge in [0.25, 0.3) is 0 Å². The average Bonchev–Trinajstić information content (AvgIpc) is 3.21. The summed E-state index contributed by atoms with van der Waals surface area (Å²) >= 11 is 0. The molecule has 0 aromatic heterocycles. The Morgan fingerprint density at radius 2 is 2.00 bits per heavy atom. The lowest BCUT2D eigenvalue weighted by atomic mass is 9.86. The first-order valence-electron chi connectivity index (χ1n) is 7.73. The maximum absolute atomic E-state index is 12.3. The molecule has 0 atom stereocenters. The molecule has 2 rings (SSSR count). The highest BCUT2D eigenvalue weighted by Crippen LogP contribution is 2.31. The van der Waals surface area contributed by atoms with Crippen molar-refractivity contribution in [2.24, 2.45) is 5.92 Å². The number of carbonyl (C=O) groups is 1. The topological polar surface area (TPSA) is 41.6 Å². The summed E-state index contributed by atoms with van der Waals surface area (Å²) in [5, 5.41) is 3.54. The van der Waals surface area contributed by atoms with E-state index in [9.17, 15) is 4.79 Å². The van der Waals surface area contributed by atoms with Gasteiger partial charge in [0.1, 0.15) is 5.54 Å². The van der Waals surface area contributed by atoms with E-state index in [4.69, 9.17) is 4.74 Å². The molecule has 0 spiro atoms. The van der Waals surface area contributed by atoms with Crippen molar-refractivity contribution in [3.63, 3.8) is 0 Å². The molecule has 1 aliphatic heterocycles. The third-order valence-corrected chi connectivity index (χ3v) is 4.47. The van der Waals surface area contributed by atoms with E-state index in [0.29, 0.717) is 12.6 Å². The van der Waals surface area contributed by atoms with Crippen LogP contribution < -0.4 is 5.32 Å². The van der Waals surface area contributed by atoms with Crippen molar-refractivity contribution < 1.29 is 9.53 Å². The molecule has 110 valence electrons. The van der Waals surface area contributed by atoms with Gasteiger partial charge in [-0.25, -0.2) is 0 Å². The van der Waals surface area contributed by atoms with Gasteiger partial charge in [-0.1, -0.05) is 0 Å². The summed E-state index contributed by atoms with van der Waals surface area (Å²) in [6.45, 7) is 9.72. The van der Waals surface area contributed by atoms with E-state index in [1.165, 1.54) is 12.8 Å². The van der Waals surface area contributed by atoms with Crippen LogP contribution in [0.15, 0.2) is 0 Å². The number of rotatable bonds is 6. The fourth-order valence-corrected chi connectivity index (χ4v) is 2.81. The summed E-state index contributed by atoms with van der Waals surface area (Å²) in [6.07, 6.45) is 4.36. The number of likely N-dealkylation sites (tertiary alicyclic amines) is 1. The summed E-state index contributed by atoms with van der Waals surface area (Å²) in [6, 6.07) is 0.559. The zero-order chi connectivity index (χ0) is 13.9. The zero-order valence-electron chi connectivity index (χ0n) is 12.6. The number of carbonyl (C=O) groups excluding carboxylic acids is 1. The third kappa shape index (κ3) is 3.69. The van der Waals surface area contributed by atoms with E-state index in [1.54, 1.807) is 0 Å². The first-order chi connectivity index (χ1) is 9.07. The lowest BCUT2D eigenvalue weighted by Crippen LogP contribution is -2.60. The van der Waals surface area contributed by atoms with Gasteiger partial charge in [-0.05, 0) is 58.9 Å². The number of hydrogen-bond donors (Lipinski definition) is 1. The molecule has 1 saturated heterocycles. The van der Waals surface area contributed by atoms with E-state index in [-0.39, 0.29) is 5.97 Å². The van der Waals surface area contributed by atoms with Crippen LogP contribution in [0.1, 0.15) is 46.5 Å². The number of ether oxygens (including phenoxy) is 1. The Morgan fingerprint density at radius 1 is 1.37 bits per heavy atom. The summed E-state index contributed by atoms with van der Waals surface area (Å²) in [5.41, 5.74) is -0.427. The number of esters is 1.